The Bertz CT molecular complexity index is 1120. The van der Waals surface area contributed by atoms with Crippen LogP contribution in [0.15, 0.2) is 36.7 Å². The number of esters is 1. The molecule has 7 heteroatoms. The van der Waals surface area contributed by atoms with Gasteiger partial charge in [-0.1, -0.05) is 45.9 Å². The number of carbonyl (C=O) groups is 3. The van der Waals surface area contributed by atoms with E-state index in [-0.39, 0.29) is 29.6 Å². The van der Waals surface area contributed by atoms with Crippen molar-refractivity contribution in [3.8, 4) is 11.1 Å². The predicted molar refractivity (Wildman–Crippen MR) is 145 cm³/mol. The number of hydrogen-bond acceptors (Lipinski definition) is 5. The highest BCUT2D eigenvalue weighted by atomic mass is 16.5. The maximum Gasteiger partial charge on any atom is 0.307 e. The molecule has 0 bridgehead atoms. The zero-order valence-electron chi connectivity index (χ0n) is 23.3. The minimum atomic E-state index is -0.640. The van der Waals surface area contributed by atoms with Crippen molar-refractivity contribution in [2.24, 2.45) is 11.3 Å². The molecule has 1 aliphatic rings. The molecule has 0 saturated carbocycles. The van der Waals surface area contributed by atoms with Gasteiger partial charge in [0.1, 0.15) is 6.04 Å². The summed E-state index contributed by atoms with van der Waals surface area (Å²) in [6.07, 6.45) is 5.22. The predicted octanol–water partition coefficient (Wildman–Crippen LogP) is 5.15. The van der Waals surface area contributed by atoms with Crippen LogP contribution in [0.5, 0.6) is 0 Å². The molecule has 2 atom stereocenters. The van der Waals surface area contributed by atoms with Crippen molar-refractivity contribution < 1.29 is 19.1 Å². The van der Waals surface area contributed by atoms with E-state index in [1.807, 2.05) is 26.0 Å². The molecule has 1 aromatic heterocycles. The quantitative estimate of drug-likeness (QED) is 0.474. The number of piperidine rings is 1. The number of aryl methyl sites for hydroxylation is 2. The fraction of sp³-hybridized carbons (Fsp3) is 0.533. The van der Waals surface area contributed by atoms with Gasteiger partial charge in [0, 0.05) is 30.9 Å². The van der Waals surface area contributed by atoms with Gasteiger partial charge in [-0.2, -0.15) is 0 Å². The van der Waals surface area contributed by atoms with Gasteiger partial charge in [0.15, 0.2) is 0 Å². The van der Waals surface area contributed by atoms with E-state index in [1.54, 1.807) is 17.3 Å². The van der Waals surface area contributed by atoms with Crippen LogP contribution in [0.2, 0.25) is 0 Å². The standard InChI is InChI=1S/C30H41N3O4/c1-19(2)13-25(33-18-30(5,6)12-11-26(33)34)29(36)32-24(15-27(35)37-7)22-14-23(17-31-16-22)28-20(3)9-8-10-21(28)4/h8-10,14,16-17,19,24-25H,11-13,15,18H2,1-7H3,(H,32,36). The molecule has 7 nitrogen and oxygen atoms in total. The number of carbonyl (C=O) groups excluding carboxylic acids is 3. The SMILES string of the molecule is COC(=O)CC(NC(=O)C(CC(C)C)N1CC(C)(C)CCC1=O)c1cncc(-c2c(C)cccc2C)c1. The number of aromatic nitrogens is 1. The first-order chi connectivity index (χ1) is 17.4. The summed E-state index contributed by atoms with van der Waals surface area (Å²) in [7, 11) is 1.34. The Morgan fingerprint density at radius 3 is 2.46 bits per heavy atom. The van der Waals surface area contributed by atoms with Gasteiger partial charge in [0.05, 0.1) is 19.6 Å². The van der Waals surface area contributed by atoms with Crippen LogP contribution in [0, 0.1) is 25.2 Å². The van der Waals surface area contributed by atoms with Crippen LogP contribution in [-0.2, 0) is 19.1 Å². The highest BCUT2D eigenvalue weighted by Crippen LogP contribution is 2.33. The molecule has 1 saturated heterocycles. The van der Waals surface area contributed by atoms with Gasteiger partial charge >= 0.3 is 5.97 Å². The lowest BCUT2D eigenvalue weighted by Crippen LogP contribution is -2.55. The number of hydrogen-bond donors (Lipinski definition) is 1. The van der Waals surface area contributed by atoms with Crippen LogP contribution < -0.4 is 5.32 Å². The van der Waals surface area contributed by atoms with E-state index >= 15 is 0 Å². The van der Waals surface area contributed by atoms with Gasteiger partial charge in [0.2, 0.25) is 11.8 Å². The molecule has 37 heavy (non-hydrogen) atoms. The molecular weight excluding hydrogens is 466 g/mol. The van der Waals surface area contributed by atoms with Crippen molar-refractivity contribution in [1.29, 1.82) is 0 Å². The fourth-order valence-corrected chi connectivity index (χ4v) is 5.15. The number of rotatable bonds is 9. The summed E-state index contributed by atoms with van der Waals surface area (Å²) in [6, 6.07) is 6.85. The number of ether oxygens (including phenoxy) is 1. The van der Waals surface area contributed by atoms with Crippen molar-refractivity contribution in [3.05, 3.63) is 53.3 Å². The third-order valence-electron chi connectivity index (χ3n) is 7.15. The second-order valence-corrected chi connectivity index (χ2v) is 11.4. The fourth-order valence-electron chi connectivity index (χ4n) is 5.15. The van der Waals surface area contributed by atoms with Gasteiger partial charge in [-0.05, 0) is 66.3 Å². The molecule has 2 heterocycles. The number of amides is 2. The zero-order valence-corrected chi connectivity index (χ0v) is 23.3. The van der Waals surface area contributed by atoms with Gasteiger partial charge < -0.3 is 15.0 Å². The number of pyridine rings is 1. The average molecular weight is 508 g/mol. The Labute approximate surface area is 221 Å². The first-order valence-corrected chi connectivity index (χ1v) is 13.1. The molecule has 2 unspecified atom stereocenters. The number of nitrogens with one attached hydrogen (secondary N) is 1. The van der Waals surface area contributed by atoms with E-state index < -0.39 is 18.1 Å². The summed E-state index contributed by atoms with van der Waals surface area (Å²) < 4.78 is 4.95. The minimum absolute atomic E-state index is 0.00309. The Morgan fingerprint density at radius 2 is 1.84 bits per heavy atom. The third kappa shape index (κ3) is 7.18. The number of benzene rings is 1. The van der Waals surface area contributed by atoms with E-state index in [1.165, 1.54) is 7.11 Å². The van der Waals surface area contributed by atoms with Gasteiger partial charge in [0.25, 0.3) is 0 Å². The molecule has 0 aliphatic carbocycles. The second kappa shape index (κ2) is 11.9. The Kier molecular flexibility index (Phi) is 9.11. The molecule has 1 aromatic carbocycles. The van der Waals surface area contributed by atoms with Crippen LogP contribution in [-0.4, -0.2) is 47.4 Å². The number of likely N-dealkylation sites (tertiary alicyclic amines) is 1. The third-order valence-corrected chi connectivity index (χ3v) is 7.15. The first kappa shape index (κ1) is 28.4. The van der Waals surface area contributed by atoms with Crippen LogP contribution >= 0.6 is 0 Å². The molecule has 2 aromatic rings. The van der Waals surface area contributed by atoms with Crippen LogP contribution in [0.4, 0.5) is 0 Å². The first-order valence-electron chi connectivity index (χ1n) is 13.1. The lowest BCUT2D eigenvalue weighted by molar-refractivity contribution is -0.147. The van der Waals surface area contributed by atoms with Crippen LogP contribution in [0.3, 0.4) is 0 Å². The van der Waals surface area contributed by atoms with Crippen molar-refractivity contribution in [1.82, 2.24) is 15.2 Å². The van der Waals surface area contributed by atoms with Crippen molar-refractivity contribution >= 4 is 17.8 Å². The van der Waals surface area contributed by atoms with Gasteiger partial charge in [-0.15, -0.1) is 0 Å². The summed E-state index contributed by atoms with van der Waals surface area (Å²) in [4.78, 5) is 45.2. The molecule has 200 valence electrons. The topological polar surface area (TPSA) is 88.6 Å². The summed E-state index contributed by atoms with van der Waals surface area (Å²) >= 11 is 0. The number of nitrogens with zero attached hydrogens (tertiary/aromatic N) is 2. The Hall–Kier alpha value is -3.22. The molecule has 0 spiro atoms. The molecule has 3 rings (SSSR count). The highest BCUT2D eigenvalue weighted by Gasteiger charge is 2.39. The van der Waals surface area contributed by atoms with Crippen LogP contribution in [0.25, 0.3) is 11.1 Å². The summed E-state index contributed by atoms with van der Waals surface area (Å²) in [5, 5.41) is 3.08. The summed E-state index contributed by atoms with van der Waals surface area (Å²) in [5.41, 5.74) is 4.90. The zero-order chi connectivity index (χ0) is 27.3. The van der Waals surface area contributed by atoms with Gasteiger partial charge in [-0.3, -0.25) is 19.4 Å². The average Bonchev–Trinajstić information content (AvgIpc) is 2.83. The maximum absolute atomic E-state index is 13.8. The summed E-state index contributed by atoms with van der Waals surface area (Å²) in [6.45, 7) is 13.0. The molecule has 0 radical (unpaired) electrons. The molecule has 1 aliphatic heterocycles. The van der Waals surface area contributed by atoms with E-state index in [9.17, 15) is 14.4 Å². The lowest BCUT2D eigenvalue weighted by Gasteiger charge is -2.42. The maximum atomic E-state index is 13.8. The van der Waals surface area contributed by atoms with E-state index in [0.717, 1.165) is 28.7 Å². The minimum Gasteiger partial charge on any atom is -0.469 e. The molecular formula is C30H41N3O4. The monoisotopic (exact) mass is 507 g/mol. The Balaban J connectivity index is 1.96. The molecule has 1 fully saturated rings. The number of methoxy groups -OCH3 is 1. The van der Waals surface area contributed by atoms with Crippen molar-refractivity contribution in [3.63, 3.8) is 0 Å². The van der Waals surface area contributed by atoms with E-state index in [2.05, 4.69) is 50.1 Å². The summed E-state index contributed by atoms with van der Waals surface area (Å²) in [5.74, 6) is -0.477. The van der Waals surface area contributed by atoms with Crippen LogP contribution in [0.1, 0.15) is 76.1 Å². The van der Waals surface area contributed by atoms with Crippen molar-refractivity contribution in [2.75, 3.05) is 13.7 Å². The molecule has 1 N–H and O–H groups in total. The van der Waals surface area contributed by atoms with E-state index in [0.29, 0.717) is 24.9 Å². The smallest absolute Gasteiger partial charge is 0.307 e. The normalized spacial score (nSPS) is 16.9. The highest BCUT2D eigenvalue weighted by molar-refractivity contribution is 5.89. The largest absolute Gasteiger partial charge is 0.469 e. The van der Waals surface area contributed by atoms with Gasteiger partial charge in [-0.25, -0.2) is 0 Å². The lowest BCUT2D eigenvalue weighted by atomic mass is 9.82. The van der Waals surface area contributed by atoms with Crippen molar-refractivity contribution in [2.45, 2.75) is 79.3 Å². The molecule has 2 amide bonds. The van der Waals surface area contributed by atoms with E-state index in [4.69, 9.17) is 4.74 Å². The Morgan fingerprint density at radius 1 is 1.16 bits per heavy atom. The second-order valence-electron chi connectivity index (χ2n) is 11.4.